The molecule has 2 saturated heterocycles. The van der Waals surface area contributed by atoms with Crippen molar-refractivity contribution in [3.8, 4) is 5.75 Å². The van der Waals surface area contributed by atoms with E-state index in [0.717, 1.165) is 19.3 Å². The average Bonchev–Trinajstić information content (AvgIpc) is 2.63. The Morgan fingerprint density at radius 2 is 2.20 bits per heavy atom. The largest absolute Gasteiger partial charge is 0.506 e. The minimum absolute atomic E-state index is 0.0352. The molecule has 7 nitrogen and oxygen atoms in total. The second kappa shape index (κ2) is 7.39. The van der Waals surface area contributed by atoms with Gasteiger partial charge in [0.2, 0.25) is 5.91 Å². The van der Waals surface area contributed by atoms with E-state index in [1.165, 1.54) is 12.3 Å². The Morgan fingerprint density at radius 3 is 2.92 bits per heavy atom. The van der Waals surface area contributed by atoms with Crippen LogP contribution in [0, 0.1) is 5.41 Å². The van der Waals surface area contributed by atoms with Gasteiger partial charge in [0, 0.05) is 45.1 Å². The first-order valence-corrected chi connectivity index (χ1v) is 8.74. The van der Waals surface area contributed by atoms with E-state index in [4.69, 9.17) is 4.74 Å². The molecule has 0 bridgehead atoms. The fraction of sp³-hybridized carbons (Fsp3) is 0.611. The Bertz CT molecular complexity index is 634. The third kappa shape index (κ3) is 3.92. The highest BCUT2D eigenvalue weighted by Crippen LogP contribution is 2.39. The first-order chi connectivity index (χ1) is 12.0. The van der Waals surface area contributed by atoms with Crippen LogP contribution >= 0.6 is 0 Å². The summed E-state index contributed by atoms with van der Waals surface area (Å²) in [6.45, 7) is 3.16. The second-order valence-corrected chi connectivity index (χ2v) is 7.04. The van der Waals surface area contributed by atoms with Crippen molar-refractivity contribution in [3.05, 3.63) is 24.0 Å². The third-order valence-electron chi connectivity index (χ3n) is 5.23. The first kappa shape index (κ1) is 17.7. The predicted molar refractivity (Wildman–Crippen MR) is 91.2 cm³/mol. The summed E-state index contributed by atoms with van der Waals surface area (Å²) >= 11 is 0. The van der Waals surface area contributed by atoms with Crippen LogP contribution in [0.2, 0.25) is 0 Å². The Morgan fingerprint density at radius 1 is 1.36 bits per heavy atom. The third-order valence-corrected chi connectivity index (χ3v) is 5.23. The lowest BCUT2D eigenvalue weighted by Gasteiger charge is -2.48. The van der Waals surface area contributed by atoms with Gasteiger partial charge in [-0.05, 0) is 31.4 Å². The van der Waals surface area contributed by atoms with Crippen LogP contribution in [0.1, 0.15) is 36.2 Å². The van der Waals surface area contributed by atoms with Crippen LogP contribution in [0.15, 0.2) is 18.3 Å². The molecule has 0 aliphatic carbocycles. The van der Waals surface area contributed by atoms with E-state index in [2.05, 4.69) is 4.98 Å². The molecule has 3 heterocycles. The van der Waals surface area contributed by atoms with Gasteiger partial charge in [-0.25, -0.2) is 4.98 Å². The van der Waals surface area contributed by atoms with E-state index >= 15 is 0 Å². The van der Waals surface area contributed by atoms with E-state index in [0.29, 0.717) is 44.9 Å². The zero-order chi connectivity index (χ0) is 17.9. The zero-order valence-electron chi connectivity index (χ0n) is 14.6. The molecule has 1 aromatic heterocycles. The van der Waals surface area contributed by atoms with E-state index < -0.39 is 0 Å². The molecule has 2 fully saturated rings. The van der Waals surface area contributed by atoms with Crippen molar-refractivity contribution in [1.82, 2.24) is 14.8 Å². The molecule has 1 atom stereocenters. The van der Waals surface area contributed by atoms with Crippen molar-refractivity contribution < 1.29 is 19.4 Å². The number of carbonyl (C=O) groups is 2. The molecule has 3 rings (SSSR count). The number of likely N-dealkylation sites (tertiary alicyclic amines) is 2. The Labute approximate surface area is 147 Å². The molecule has 1 spiro atoms. The van der Waals surface area contributed by atoms with Gasteiger partial charge in [0.25, 0.3) is 5.91 Å². The van der Waals surface area contributed by atoms with Gasteiger partial charge in [0.1, 0.15) is 11.4 Å². The van der Waals surface area contributed by atoms with Crippen molar-refractivity contribution in [1.29, 1.82) is 0 Å². The Hall–Kier alpha value is -2.15. The highest BCUT2D eigenvalue weighted by molar-refractivity contribution is 5.92. The van der Waals surface area contributed by atoms with Crippen LogP contribution in [-0.4, -0.2) is 71.6 Å². The topological polar surface area (TPSA) is 83.0 Å². The molecule has 7 heteroatoms. The maximum Gasteiger partial charge on any atom is 0.272 e. The van der Waals surface area contributed by atoms with Gasteiger partial charge in [-0.1, -0.05) is 0 Å². The number of aromatic nitrogens is 1. The summed E-state index contributed by atoms with van der Waals surface area (Å²) < 4.78 is 5.11. The van der Waals surface area contributed by atoms with Crippen molar-refractivity contribution in [2.45, 2.75) is 25.7 Å². The van der Waals surface area contributed by atoms with Crippen LogP contribution in [0.3, 0.4) is 0 Å². The number of nitrogens with zero attached hydrogens (tertiary/aromatic N) is 3. The van der Waals surface area contributed by atoms with Gasteiger partial charge >= 0.3 is 0 Å². The maximum absolute atomic E-state index is 12.7. The van der Waals surface area contributed by atoms with E-state index in [1.54, 1.807) is 13.2 Å². The lowest BCUT2D eigenvalue weighted by Crippen LogP contribution is -2.55. The molecule has 0 radical (unpaired) electrons. The van der Waals surface area contributed by atoms with Crippen LogP contribution in [0.4, 0.5) is 0 Å². The van der Waals surface area contributed by atoms with Crippen molar-refractivity contribution >= 4 is 11.8 Å². The molecule has 0 aromatic carbocycles. The number of ether oxygens (including phenoxy) is 1. The molecular weight excluding hydrogens is 322 g/mol. The number of piperidine rings is 2. The van der Waals surface area contributed by atoms with Crippen LogP contribution in [-0.2, 0) is 9.53 Å². The Kier molecular flexibility index (Phi) is 5.22. The number of hydrogen-bond donors (Lipinski definition) is 1. The molecule has 0 unspecified atom stereocenters. The summed E-state index contributed by atoms with van der Waals surface area (Å²) in [5.41, 5.74) is 0.310. The average molecular weight is 347 g/mol. The number of methoxy groups -OCH3 is 1. The minimum Gasteiger partial charge on any atom is -0.506 e. The number of hydrogen-bond acceptors (Lipinski definition) is 5. The van der Waals surface area contributed by atoms with E-state index in [-0.39, 0.29) is 23.0 Å². The number of rotatable bonds is 4. The number of pyridine rings is 1. The summed E-state index contributed by atoms with van der Waals surface area (Å²) in [5.74, 6) is 0.108. The minimum atomic E-state index is -0.112. The SMILES string of the molecule is COCCN1C[C@@]2(CCCN(C(=O)c3ccc(O)cn3)C2)CCC1=O. The van der Waals surface area contributed by atoms with Gasteiger partial charge in [0.05, 0.1) is 12.8 Å². The highest BCUT2D eigenvalue weighted by Gasteiger charge is 2.42. The molecule has 2 aliphatic heterocycles. The molecule has 0 saturated carbocycles. The monoisotopic (exact) mass is 347 g/mol. The Balaban J connectivity index is 1.70. The fourth-order valence-corrected chi connectivity index (χ4v) is 3.90. The molecule has 1 N–H and O–H groups in total. The lowest BCUT2D eigenvalue weighted by atomic mass is 9.73. The standard InChI is InChI=1S/C18H25N3O4/c1-25-10-9-20-12-18(7-5-16(20)23)6-2-8-21(13-18)17(24)15-4-3-14(22)11-19-15/h3-4,11,22H,2,5-10,12-13H2,1H3/t18-/m1/s1. The molecule has 136 valence electrons. The van der Waals surface area contributed by atoms with E-state index in [1.807, 2.05) is 9.80 Å². The summed E-state index contributed by atoms with van der Waals surface area (Å²) in [5, 5.41) is 9.34. The molecule has 1 aromatic rings. The highest BCUT2D eigenvalue weighted by atomic mass is 16.5. The maximum atomic E-state index is 12.7. The summed E-state index contributed by atoms with van der Waals surface area (Å²) in [4.78, 5) is 32.6. The van der Waals surface area contributed by atoms with Gasteiger partial charge in [-0.15, -0.1) is 0 Å². The van der Waals surface area contributed by atoms with Gasteiger partial charge in [-0.3, -0.25) is 9.59 Å². The number of carbonyl (C=O) groups excluding carboxylic acids is 2. The second-order valence-electron chi connectivity index (χ2n) is 7.04. The summed E-state index contributed by atoms with van der Waals surface area (Å²) in [6, 6.07) is 3.03. The predicted octanol–water partition coefficient (Wildman–Crippen LogP) is 1.28. The first-order valence-electron chi connectivity index (χ1n) is 8.74. The van der Waals surface area contributed by atoms with Crippen LogP contribution < -0.4 is 0 Å². The number of amides is 2. The van der Waals surface area contributed by atoms with Gasteiger partial charge < -0.3 is 19.6 Å². The summed E-state index contributed by atoms with van der Waals surface area (Å²) in [6.07, 6.45) is 4.59. The summed E-state index contributed by atoms with van der Waals surface area (Å²) in [7, 11) is 1.63. The zero-order valence-corrected chi connectivity index (χ0v) is 14.6. The molecule has 2 amide bonds. The molecule has 25 heavy (non-hydrogen) atoms. The smallest absolute Gasteiger partial charge is 0.272 e. The van der Waals surface area contributed by atoms with Crippen molar-refractivity contribution in [2.75, 3.05) is 39.9 Å². The van der Waals surface area contributed by atoms with Gasteiger partial charge in [-0.2, -0.15) is 0 Å². The van der Waals surface area contributed by atoms with Crippen LogP contribution in [0.25, 0.3) is 0 Å². The van der Waals surface area contributed by atoms with Crippen molar-refractivity contribution in [2.24, 2.45) is 5.41 Å². The van der Waals surface area contributed by atoms with Gasteiger partial charge in [0.15, 0.2) is 0 Å². The van der Waals surface area contributed by atoms with E-state index in [9.17, 15) is 14.7 Å². The van der Waals surface area contributed by atoms with Crippen molar-refractivity contribution in [3.63, 3.8) is 0 Å². The fourth-order valence-electron chi connectivity index (χ4n) is 3.90. The quantitative estimate of drug-likeness (QED) is 0.887. The number of aromatic hydroxyl groups is 1. The lowest BCUT2D eigenvalue weighted by molar-refractivity contribution is -0.139. The normalized spacial score (nSPS) is 24.0. The molecular formula is C18H25N3O4. The van der Waals surface area contributed by atoms with Crippen LogP contribution in [0.5, 0.6) is 5.75 Å². The molecule has 2 aliphatic rings.